The maximum absolute atomic E-state index is 11.3. The number of hydrogen-bond acceptors (Lipinski definition) is 9. The van der Waals surface area contributed by atoms with Gasteiger partial charge in [-0.25, -0.2) is 0 Å². The van der Waals surface area contributed by atoms with Gasteiger partial charge < -0.3 is 20.4 Å². The van der Waals surface area contributed by atoms with Gasteiger partial charge in [0.05, 0.1) is 13.2 Å². The van der Waals surface area contributed by atoms with E-state index in [0.29, 0.717) is 0 Å². The van der Waals surface area contributed by atoms with Crippen molar-refractivity contribution in [3.05, 3.63) is 0 Å². The van der Waals surface area contributed by atoms with Gasteiger partial charge in [0.25, 0.3) is 0 Å². The van der Waals surface area contributed by atoms with Crippen LogP contribution in [0.25, 0.3) is 0 Å². The van der Waals surface area contributed by atoms with Crippen LogP contribution >= 0.6 is 0 Å². The number of aliphatic hydroxyl groups is 4. The zero-order chi connectivity index (χ0) is 13.6. The molecule has 0 aliphatic carbocycles. The first kappa shape index (κ1) is 16.3. The lowest BCUT2D eigenvalue weighted by Crippen LogP contribution is -2.50. The lowest BCUT2D eigenvalue weighted by atomic mass is 10.0. The van der Waals surface area contributed by atoms with Gasteiger partial charge in [-0.1, -0.05) is 0 Å². The van der Waals surface area contributed by atoms with Gasteiger partial charge in [-0.2, -0.15) is 18.2 Å². The highest BCUT2D eigenvalue weighted by molar-refractivity contribution is 7.80. The van der Waals surface area contributed by atoms with Gasteiger partial charge in [0.1, 0.15) is 18.2 Å². The van der Waals surface area contributed by atoms with Gasteiger partial charge in [-0.05, 0) is 0 Å². The highest BCUT2D eigenvalue weighted by Gasteiger charge is 2.31. The first-order chi connectivity index (χ1) is 7.72. The second-order valence-electron chi connectivity index (χ2n) is 2.96. The van der Waals surface area contributed by atoms with E-state index in [4.69, 9.17) is 25.0 Å². The first-order valence-electron chi connectivity index (χ1n) is 4.26. The Hall–Kier alpha value is -0.660. The molecule has 3 atom stereocenters. The Balaban J connectivity index is 4.50. The third kappa shape index (κ3) is 5.99. The molecule has 11 heteroatoms. The van der Waals surface area contributed by atoms with Gasteiger partial charge in [0.15, 0.2) is 5.78 Å². The summed E-state index contributed by atoms with van der Waals surface area (Å²) >= 11 is 0. The van der Waals surface area contributed by atoms with Crippen molar-refractivity contribution >= 4 is 16.2 Å². The van der Waals surface area contributed by atoms with Crippen LogP contribution in [0.15, 0.2) is 0 Å². The molecule has 17 heavy (non-hydrogen) atoms. The second-order valence-corrected chi connectivity index (χ2v) is 3.98. The topological polar surface area (TPSA) is 174 Å². The summed E-state index contributed by atoms with van der Waals surface area (Å²) in [4.78, 5) is 11.3. The zero-order valence-corrected chi connectivity index (χ0v) is 9.24. The smallest absolute Gasteiger partial charge is 0.394 e. The lowest BCUT2D eigenvalue weighted by molar-refractivity contribution is -0.139. The van der Waals surface area contributed by atoms with Crippen LogP contribution < -0.4 is 5.48 Å². The molecule has 10 nitrogen and oxygen atoms in total. The summed E-state index contributed by atoms with van der Waals surface area (Å²) in [6.07, 6.45) is -3.83. The van der Waals surface area contributed by atoms with E-state index in [9.17, 15) is 13.2 Å². The van der Waals surface area contributed by atoms with Crippen molar-refractivity contribution in [1.82, 2.24) is 5.48 Å². The molecule has 6 N–H and O–H groups in total. The summed E-state index contributed by atoms with van der Waals surface area (Å²) in [6.45, 7) is -1.88. The Labute approximate surface area is 96.4 Å². The quantitative estimate of drug-likeness (QED) is 0.189. The molecule has 0 aromatic heterocycles. The predicted octanol–water partition coefficient (Wildman–Crippen LogP) is -4.05. The fraction of sp³-hybridized carbons (Fsp3) is 0.833. The molecule has 0 bridgehead atoms. The lowest BCUT2D eigenvalue weighted by Gasteiger charge is -2.19. The standard InChI is InChI=1S/C6H13NO9S/c8-1-3(7-16-17(13,14)15)5(11)6(12)4(10)2-9/h3-4,6-10,12H,1-2H2,(H,13,14,15)/t3-,4+,6+/m0/s1. The fourth-order valence-electron chi connectivity index (χ4n) is 0.800. The van der Waals surface area contributed by atoms with Crippen molar-refractivity contribution in [3.8, 4) is 0 Å². The third-order valence-corrected chi connectivity index (χ3v) is 1.97. The van der Waals surface area contributed by atoms with Gasteiger partial charge >= 0.3 is 10.4 Å². The summed E-state index contributed by atoms with van der Waals surface area (Å²) < 4.78 is 32.1. The van der Waals surface area contributed by atoms with Crippen LogP contribution in [0.3, 0.4) is 0 Å². The molecule has 0 unspecified atom stereocenters. The van der Waals surface area contributed by atoms with Crippen LogP contribution in [0, 0.1) is 0 Å². The summed E-state index contributed by atoms with van der Waals surface area (Å²) in [5.74, 6) is -1.22. The van der Waals surface area contributed by atoms with Gasteiger partial charge in [0, 0.05) is 0 Å². The van der Waals surface area contributed by atoms with Crippen molar-refractivity contribution in [2.75, 3.05) is 13.2 Å². The van der Waals surface area contributed by atoms with Crippen LogP contribution in [0.2, 0.25) is 0 Å². The van der Waals surface area contributed by atoms with Crippen LogP contribution in [0.1, 0.15) is 0 Å². The second kappa shape index (κ2) is 6.93. The molecule has 0 spiro atoms. The van der Waals surface area contributed by atoms with E-state index in [-0.39, 0.29) is 0 Å². The third-order valence-electron chi connectivity index (χ3n) is 1.66. The Morgan fingerprint density at radius 3 is 2.12 bits per heavy atom. The number of hydroxylamine groups is 1. The molecule has 0 aliphatic rings. The SMILES string of the molecule is O=C([C@H](CO)NOS(=O)(=O)O)[C@H](O)[C@H](O)CO. The maximum atomic E-state index is 11.3. The first-order valence-corrected chi connectivity index (χ1v) is 5.62. The average molecular weight is 275 g/mol. The van der Waals surface area contributed by atoms with Crippen molar-refractivity contribution < 1.29 is 42.5 Å². The van der Waals surface area contributed by atoms with Gasteiger partial charge in [-0.15, -0.1) is 0 Å². The molecule has 0 fully saturated rings. The maximum Gasteiger partial charge on any atom is 0.413 e. The minimum absolute atomic E-state index is 0.912. The van der Waals surface area contributed by atoms with E-state index in [1.807, 2.05) is 0 Å². The number of rotatable bonds is 8. The Morgan fingerprint density at radius 1 is 1.24 bits per heavy atom. The van der Waals surface area contributed by atoms with E-state index in [0.717, 1.165) is 0 Å². The van der Waals surface area contributed by atoms with Gasteiger partial charge in [-0.3, -0.25) is 9.35 Å². The van der Waals surface area contributed by atoms with E-state index in [2.05, 4.69) is 4.28 Å². The number of carbonyl (C=O) groups is 1. The monoisotopic (exact) mass is 275 g/mol. The predicted molar refractivity (Wildman–Crippen MR) is 50.7 cm³/mol. The van der Waals surface area contributed by atoms with Crippen molar-refractivity contribution in [2.45, 2.75) is 18.2 Å². The molecule has 102 valence electrons. The summed E-state index contributed by atoms with van der Waals surface area (Å²) in [6, 6.07) is -1.70. The molecule has 0 radical (unpaired) electrons. The van der Waals surface area contributed by atoms with Crippen LogP contribution in [0.4, 0.5) is 0 Å². The van der Waals surface area contributed by atoms with Crippen molar-refractivity contribution in [3.63, 3.8) is 0 Å². The summed E-state index contributed by atoms with van der Waals surface area (Å²) in [5, 5.41) is 35.2. The molecule has 0 aliphatic heterocycles. The Kier molecular flexibility index (Phi) is 6.66. The molecule has 0 saturated carbocycles. The molecular weight excluding hydrogens is 262 g/mol. The summed E-state index contributed by atoms with van der Waals surface area (Å²) in [7, 11) is -4.88. The van der Waals surface area contributed by atoms with E-state index in [1.165, 1.54) is 5.48 Å². The normalized spacial score (nSPS) is 17.5. The molecule has 0 rings (SSSR count). The van der Waals surface area contributed by atoms with E-state index >= 15 is 0 Å². The highest BCUT2D eigenvalue weighted by Crippen LogP contribution is 2.00. The van der Waals surface area contributed by atoms with Crippen LogP contribution in [0.5, 0.6) is 0 Å². The number of aliphatic hydroxyl groups excluding tert-OH is 4. The van der Waals surface area contributed by atoms with Crippen molar-refractivity contribution in [2.24, 2.45) is 0 Å². The average Bonchev–Trinajstić information content (AvgIpc) is 2.25. The fourth-order valence-corrected chi connectivity index (χ4v) is 1.04. The minimum atomic E-state index is -4.88. The molecule has 0 heterocycles. The van der Waals surface area contributed by atoms with Crippen LogP contribution in [-0.2, 0) is 19.5 Å². The van der Waals surface area contributed by atoms with Crippen molar-refractivity contribution in [1.29, 1.82) is 0 Å². The van der Waals surface area contributed by atoms with E-state index in [1.54, 1.807) is 0 Å². The molecule has 0 amide bonds. The largest absolute Gasteiger partial charge is 0.413 e. The molecule has 0 aromatic rings. The number of Topliss-reactive ketones (excluding diaryl/α,β-unsaturated/α-hetero) is 1. The van der Waals surface area contributed by atoms with Gasteiger partial charge in [0.2, 0.25) is 0 Å². The Morgan fingerprint density at radius 2 is 1.76 bits per heavy atom. The van der Waals surface area contributed by atoms with E-state index < -0.39 is 47.6 Å². The number of carbonyl (C=O) groups excluding carboxylic acids is 1. The molecule has 0 saturated heterocycles. The van der Waals surface area contributed by atoms with Crippen LogP contribution in [-0.4, -0.2) is 70.6 Å². The number of hydrogen-bond donors (Lipinski definition) is 6. The zero-order valence-electron chi connectivity index (χ0n) is 8.42. The number of nitrogens with one attached hydrogen (secondary N) is 1. The number of ketones is 1. The molecule has 0 aromatic carbocycles. The summed E-state index contributed by atoms with van der Waals surface area (Å²) in [5.41, 5.74) is 1.48. The minimum Gasteiger partial charge on any atom is -0.394 e. The Bertz CT molecular complexity index is 341. The molecular formula is C6H13NO9S. The highest BCUT2D eigenvalue weighted by atomic mass is 32.3.